The summed E-state index contributed by atoms with van der Waals surface area (Å²) in [5.74, 6) is -1.69. The Morgan fingerprint density at radius 3 is 2.03 bits per heavy atom. The summed E-state index contributed by atoms with van der Waals surface area (Å²) >= 11 is 0. The van der Waals surface area contributed by atoms with E-state index in [9.17, 15) is 19.5 Å². The predicted molar refractivity (Wildman–Crippen MR) is 149 cm³/mol. The largest absolute Gasteiger partial charge is 0.480 e. The third-order valence-electron chi connectivity index (χ3n) is 7.21. The molecule has 0 bridgehead atoms. The highest BCUT2D eigenvalue weighted by atomic mass is 16.5. The Kier molecular flexibility index (Phi) is 8.99. The fraction of sp³-hybridized carbons (Fsp3) is 0.323. The summed E-state index contributed by atoms with van der Waals surface area (Å²) in [6, 6.07) is 23.9. The van der Waals surface area contributed by atoms with Gasteiger partial charge in [0.2, 0.25) is 5.91 Å². The molecule has 2 atom stereocenters. The molecular weight excluding hydrogens is 494 g/mol. The van der Waals surface area contributed by atoms with E-state index in [1.165, 1.54) is 11.9 Å². The van der Waals surface area contributed by atoms with Crippen LogP contribution in [0.25, 0.3) is 11.1 Å². The lowest BCUT2D eigenvalue weighted by molar-refractivity contribution is -0.150. The number of carboxylic acids is 1. The van der Waals surface area contributed by atoms with Crippen LogP contribution in [0.1, 0.15) is 36.0 Å². The molecule has 0 saturated carbocycles. The molecule has 0 radical (unpaired) electrons. The van der Waals surface area contributed by atoms with Crippen molar-refractivity contribution in [3.63, 3.8) is 0 Å². The summed E-state index contributed by atoms with van der Waals surface area (Å²) in [6.07, 6.45) is -0.477. The first kappa shape index (κ1) is 27.9. The smallest absolute Gasteiger partial charge is 0.407 e. The highest BCUT2D eigenvalue weighted by Crippen LogP contribution is 2.44. The number of hydrogen-bond donors (Lipinski definition) is 2. The molecule has 2 unspecified atom stereocenters. The van der Waals surface area contributed by atoms with Gasteiger partial charge in [-0.2, -0.15) is 0 Å². The van der Waals surface area contributed by atoms with Gasteiger partial charge in [-0.05, 0) is 41.3 Å². The molecule has 0 saturated heterocycles. The molecule has 2 amide bonds. The van der Waals surface area contributed by atoms with E-state index >= 15 is 0 Å². The van der Waals surface area contributed by atoms with Gasteiger partial charge in [0.05, 0.1) is 0 Å². The highest BCUT2D eigenvalue weighted by molar-refractivity contribution is 5.89. The summed E-state index contributed by atoms with van der Waals surface area (Å²) in [4.78, 5) is 41.3. The Morgan fingerprint density at radius 1 is 0.897 bits per heavy atom. The molecule has 1 aliphatic rings. The normalized spacial score (nSPS) is 13.7. The number of rotatable bonds is 11. The number of alkyl carbamates (subject to hydrolysis) is 1. The van der Waals surface area contributed by atoms with Crippen LogP contribution in [0.4, 0.5) is 4.79 Å². The van der Waals surface area contributed by atoms with Crippen LogP contribution in [0.15, 0.2) is 78.9 Å². The van der Waals surface area contributed by atoms with E-state index in [1.807, 2.05) is 78.7 Å². The summed E-state index contributed by atoms with van der Waals surface area (Å²) < 4.78 is 5.68. The van der Waals surface area contributed by atoms with E-state index < -0.39 is 30.1 Å². The first-order valence-corrected chi connectivity index (χ1v) is 13.1. The number of ether oxygens (including phenoxy) is 1. The van der Waals surface area contributed by atoms with Crippen LogP contribution < -0.4 is 5.32 Å². The number of carboxylic acid groups (broad SMARTS) is 1. The second-order valence-electron chi connectivity index (χ2n) is 9.92. The van der Waals surface area contributed by atoms with Crippen LogP contribution in [0.5, 0.6) is 0 Å². The molecule has 0 aromatic heterocycles. The summed E-state index contributed by atoms with van der Waals surface area (Å²) in [6.45, 7) is 2.55. The minimum absolute atomic E-state index is 0.114. The number of fused-ring (bicyclic) bond motifs is 3. The summed E-state index contributed by atoms with van der Waals surface area (Å²) in [5.41, 5.74) is 5.48. The standard InChI is InChI=1S/C31H35N3O5/c1-4-28(30(36)37)34(3)29(35)27(19-33(2)18-21-12-6-5-7-13-21)32-31(38)39-20-26-24-16-10-8-14-22(24)23-15-9-11-17-25(23)26/h5-17,26-28H,4,18-20H2,1-3H3,(H,32,38)(H,36,37). The second kappa shape index (κ2) is 12.6. The second-order valence-corrected chi connectivity index (χ2v) is 9.92. The Labute approximate surface area is 229 Å². The Hall–Kier alpha value is -4.17. The van der Waals surface area contributed by atoms with Crippen molar-refractivity contribution in [1.82, 2.24) is 15.1 Å². The topological polar surface area (TPSA) is 99.2 Å². The molecule has 39 heavy (non-hydrogen) atoms. The van der Waals surface area contributed by atoms with Gasteiger partial charge < -0.3 is 20.1 Å². The molecule has 3 aromatic carbocycles. The van der Waals surface area contributed by atoms with Gasteiger partial charge in [0.15, 0.2) is 0 Å². The molecule has 4 rings (SSSR count). The fourth-order valence-corrected chi connectivity index (χ4v) is 5.25. The minimum Gasteiger partial charge on any atom is -0.480 e. The van der Waals surface area contributed by atoms with Crippen molar-refractivity contribution in [3.8, 4) is 11.1 Å². The number of nitrogens with one attached hydrogen (secondary N) is 1. The van der Waals surface area contributed by atoms with Crippen molar-refractivity contribution < 1.29 is 24.2 Å². The zero-order valence-electron chi connectivity index (χ0n) is 22.5. The van der Waals surface area contributed by atoms with Crippen molar-refractivity contribution in [3.05, 3.63) is 95.6 Å². The Morgan fingerprint density at radius 2 is 1.46 bits per heavy atom. The molecule has 204 valence electrons. The van der Waals surface area contributed by atoms with Crippen molar-refractivity contribution in [2.24, 2.45) is 0 Å². The van der Waals surface area contributed by atoms with E-state index in [-0.39, 0.29) is 25.5 Å². The van der Waals surface area contributed by atoms with Gasteiger partial charge in [-0.1, -0.05) is 85.8 Å². The maximum atomic E-state index is 13.4. The van der Waals surface area contributed by atoms with E-state index in [0.29, 0.717) is 6.54 Å². The quantitative estimate of drug-likeness (QED) is 0.383. The molecule has 0 aliphatic heterocycles. The monoisotopic (exact) mass is 529 g/mol. The van der Waals surface area contributed by atoms with Crippen LogP contribution in [-0.4, -0.2) is 72.2 Å². The molecule has 0 spiro atoms. The highest BCUT2D eigenvalue weighted by Gasteiger charge is 2.33. The van der Waals surface area contributed by atoms with Crippen molar-refractivity contribution in [1.29, 1.82) is 0 Å². The minimum atomic E-state index is -1.09. The number of hydrogen-bond acceptors (Lipinski definition) is 5. The molecule has 8 nitrogen and oxygen atoms in total. The van der Waals surface area contributed by atoms with E-state index in [1.54, 1.807) is 6.92 Å². The van der Waals surface area contributed by atoms with Gasteiger partial charge in [0, 0.05) is 26.1 Å². The SMILES string of the molecule is CCC(C(=O)O)N(C)C(=O)C(CN(C)Cc1ccccc1)NC(=O)OCC1c2ccccc2-c2ccccc21. The van der Waals surface area contributed by atoms with E-state index in [4.69, 9.17) is 4.74 Å². The Bertz CT molecular complexity index is 1270. The first-order valence-electron chi connectivity index (χ1n) is 13.1. The van der Waals surface area contributed by atoms with Crippen LogP contribution in [0.3, 0.4) is 0 Å². The number of benzene rings is 3. The van der Waals surface area contributed by atoms with Crippen molar-refractivity contribution in [2.75, 3.05) is 27.2 Å². The number of nitrogens with zero attached hydrogens (tertiary/aromatic N) is 2. The third-order valence-corrected chi connectivity index (χ3v) is 7.21. The summed E-state index contributed by atoms with van der Waals surface area (Å²) in [7, 11) is 3.30. The number of likely N-dealkylation sites (N-methyl/N-ethyl adjacent to an activating group) is 2. The van der Waals surface area contributed by atoms with Crippen molar-refractivity contribution >= 4 is 18.0 Å². The van der Waals surface area contributed by atoms with Crippen molar-refractivity contribution in [2.45, 2.75) is 37.9 Å². The predicted octanol–water partition coefficient (Wildman–Crippen LogP) is 4.35. The van der Waals surface area contributed by atoms with Gasteiger partial charge >= 0.3 is 12.1 Å². The molecular formula is C31H35N3O5. The molecule has 2 N–H and O–H groups in total. The van der Waals surface area contributed by atoms with Crippen LogP contribution >= 0.6 is 0 Å². The number of aliphatic carboxylic acids is 1. The zero-order valence-corrected chi connectivity index (χ0v) is 22.5. The lowest BCUT2D eigenvalue weighted by Crippen LogP contribution is -2.55. The fourth-order valence-electron chi connectivity index (χ4n) is 5.25. The molecule has 0 fully saturated rings. The van der Waals surface area contributed by atoms with Gasteiger partial charge in [-0.3, -0.25) is 9.69 Å². The third kappa shape index (κ3) is 6.46. The molecule has 3 aromatic rings. The molecule has 8 heteroatoms. The maximum absolute atomic E-state index is 13.4. The zero-order chi connectivity index (χ0) is 27.9. The van der Waals surface area contributed by atoms with Gasteiger partial charge in [0.25, 0.3) is 0 Å². The average molecular weight is 530 g/mol. The van der Waals surface area contributed by atoms with Crippen LogP contribution in [-0.2, 0) is 20.9 Å². The van der Waals surface area contributed by atoms with E-state index in [2.05, 4.69) is 17.4 Å². The lowest BCUT2D eigenvalue weighted by Gasteiger charge is -2.30. The summed E-state index contributed by atoms with van der Waals surface area (Å²) in [5, 5.41) is 12.3. The Balaban J connectivity index is 1.47. The van der Waals surface area contributed by atoms with E-state index in [0.717, 1.165) is 27.8 Å². The molecule has 0 heterocycles. The van der Waals surface area contributed by atoms with Crippen LogP contribution in [0, 0.1) is 0 Å². The average Bonchev–Trinajstić information content (AvgIpc) is 3.25. The molecule has 1 aliphatic carbocycles. The maximum Gasteiger partial charge on any atom is 0.407 e. The van der Waals surface area contributed by atoms with Crippen LogP contribution in [0.2, 0.25) is 0 Å². The number of carbonyl (C=O) groups excluding carboxylic acids is 2. The lowest BCUT2D eigenvalue weighted by atomic mass is 9.98. The first-order chi connectivity index (χ1) is 18.8. The van der Waals surface area contributed by atoms with Gasteiger partial charge in [-0.25, -0.2) is 9.59 Å². The van der Waals surface area contributed by atoms with Gasteiger partial charge in [-0.15, -0.1) is 0 Å². The number of amides is 2. The van der Waals surface area contributed by atoms with Gasteiger partial charge in [0.1, 0.15) is 18.7 Å². The number of carbonyl (C=O) groups is 3.